The van der Waals surface area contributed by atoms with Crippen molar-refractivity contribution < 1.29 is 9.47 Å². The molecule has 1 aromatic rings. The van der Waals surface area contributed by atoms with Crippen LogP contribution >= 0.6 is 0 Å². The first kappa shape index (κ1) is 14.7. The van der Waals surface area contributed by atoms with Crippen LogP contribution in [0.2, 0.25) is 0 Å². The third-order valence-corrected chi connectivity index (χ3v) is 4.50. The Hall–Kier alpha value is -1.26. The summed E-state index contributed by atoms with van der Waals surface area (Å²) in [6.45, 7) is 8.87. The second-order valence-electron chi connectivity index (χ2n) is 6.17. The van der Waals surface area contributed by atoms with Crippen LogP contribution in [-0.4, -0.2) is 46.0 Å². The highest BCUT2D eigenvalue weighted by atomic mass is 16.5. The lowest BCUT2D eigenvalue weighted by Gasteiger charge is -2.35. The Bertz CT molecular complexity index is 458. The molecular formula is C17H26N2O2. The average molecular weight is 290 g/mol. The van der Waals surface area contributed by atoms with Crippen molar-refractivity contribution in [3.8, 4) is 5.75 Å². The molecule has 2 aliphatic rings. The number of fused-ring (bicyclic) bond motifs is 1. The van der Waals surface area contributed by atoms with Gasteiger partial charge in [0.15, 0.2) is 0 Å². The van der Waals surface area contributed by atoms with Crippen LogP contribution in [0.5, 0.6) is 5.75 Å². The van der Waals surface area contributed by atoms with Crippen LogP contribution in [0.4, 0.5) is 5.69 Å². The third kappa shape index (κ3) is 3.33. The molecule has 3 rings (SSSR count). The fourth-order valence-corrected chi connectivity index (χ4v) is 3.33. The van der Waals surface area contributed by atoms with Crippen LogP contribution in [0.1, 0.15) is 19.8 Å². The molecular weight excluding hydrogens is 264 g/mol. The topological polar surface area (TPSA) is 33.7 Å². The van der Waals surface area contributed by atoms with Crippen molar-refractivity contribution in [3.05, 3.63) is 24.3 Å². The van der Waals surface area contributed by atoms with Gasteiger partial charge in [0.25, 0.3) is 0 Å². The highest BCUT2D eigenvalue weighted by Crippen LogP contribution is 2.35. The molecule has 0 spiro atoms. The van der Waals surface area contributed by atoms with Crippen molar-refractivity contribution in [1.82, 2.24) is 5.32 Å². The number of anilines is 1. The molecule has 0 aromatic heterocycles. The van der Waals surface area contributed by atoms with Crippen molar-refractivity contribution in [3.63, 3.8) is 0 Å². The van der Waals surface area contributed by atoms with Crippen LogP contribution < -0.4 is 15.0 Å². The number of nitrogens with one attached hydrogen (secondary N) is 1. The van der Waals surface area contributed by atoms with Gasteiger partial charge in [0.1, 0.15) is 5.75 Å². The van der Waals surface area contributed by atoms with Crippen molar-refractivity contribution >= 4 is 5.69 Å². The van der Waals surface area contributed by atoms with E-state index >= 15 is 0 Å². The maximum absolute atomic E-state index is 5.87. The van der Waals surface area contributed by atoms with Gasteiger partial charge in [-0.1, -0.05) is 19.1 Å². The van der Waals surface area contributed by atoms with Crippen LogP contribution in [0.15, 0.2) is 24.3 Å². The minimum Gasteiger partial charge on any atom is -0.491 e. The molecule has 1 aromatic carbocycles. The molecule has 4 nitrogen and oxygen atoms in total. The summed E-state index contributed by atoms with van der Waals surface area (Å²) >= 11 is 0. The van der Waals surface area contributed by atoms with Gasteiger partial charge in [-0.2, -0.15) is 0 Å². The van der Waals surface area contributed by atoms with Crippen molar-refractivity contribution in [2.45, 2.75) is 19.8 Å². The molecule has 4 heteroatoms. The summed E-state index contributed by atoms with van der Waals surface area (Å²) in [4.78, 5) is 2.49. The SMILES string of the molecule is CCNCC1(CN2CCCOc3ccccc32)CCOC1. The Morgan fingerprint density at radius 2 is 2.19 bits per heavy atom. The van der Waals surface area contributed by atoms with E-state index in [1.54, 1.807) is 0 Å². The normalized spacial score (nSPS) is 25.3. The van der Waals surface area contributed by atoms with E-state index in [0.29, 0.717) is 0 Å². The molecule has 0 amide bonds. The molecule has 0 bridgehead atoms. The molecule has 1 unspecified atom stereocenters. The van der Waals surface area contributed by atoms with Gasteiger partial charge in [0, 0.05) is 31.7 Å². The number of hydrogen-bond donors (Lipinski definition) is 1. The second-order valence-corrected chi connectivity index (χ2v) is 6.17. The Morgan fingerprint density at radius 1 is 1.29 bits per heavy atom. The first-order valence-electron chi connectivity index (χ1n) is 8.08. The maximum atomic E-state index is 5.87. The standard InChI is InChI=1S/C17H26N2O2/c1-2-18-12-17(8-11-20-14-17)13-19-9-5-10-21-16-7-4-3-6-15(16)19/h3-4,6-7,18H,2,5,8-14H2,1H3. The minimum atomic E-state index is 0.230. The van der Waals surface area contributed by atoms with Crippen LogP contribution in [0.25, 0.3) is 0 Å². The van der Waals surface area contributed by atoms with Gasteiger partial charge in [0.2, 0.25) is 0 Å². The summed E-state index contributed by atoms with van der Waals surface area (Å²) in [7, 11) is 0. The lowest BCUT2D eigenvalue weighted by atomic mass is 9.86. The average Bonchev–Trinajstić information content (AvgIpc) is 2.88. The van der Waals surface area contributed by atoms with Gasteiger partial charge in [-0.25, -0.2) is 0 Å². The van der Waals surface area contributed by atoms with E-state index in [1.807, 2.05) is 0 Å². The van der Waals surface area contributed by atoms with Crippen molar-refractivity contribution in [2.75, 3.05) is 50.9 Å². The van der Waals surface area contributed by atoms with Crippen LogP contribution in [-0.2, 0) is 4.74 Å². The number of ether oxygens (including phenoxy) is 2. The summed E-state index contributed by atoms with van der Waals surface area (Å²) in [6.07, 6.45) is 2.21. The van der Waals surface area contributed by atoms with Gasteiger partial charge in [-0.05, 0) is 31.5 Å². The van der Waals surface area contributed by atoms with Gasteiger partial charge in [0.05, 0.1) is 18.9 Å². The summed E-state index contributed by atoms with van der Waals surface area (Å²) in [5.41, 5.74) is 1.46. The minimum absolute atomic E-state index is 0.230. The molecule has 1 atom stereocenters. The van der Waals surface area contributed by atoms with Gasteiger partial charge in [-0.3, -0.25) is 0 Å². The van der Waals surface area contributed by atoms with Crippen molar-refractivity contribution in [2.24, 2.45) is 5.41 Å². The van der Waals surface area contributed by atoms with E-state index in [4.69, 9.17) is 9.47 Å². The summed E-state index contributed by atoms with van der Waals surface area (Å²) in [6, 6.07) is 8.41. The molecule has 0 radical (unpaired) electrons. The number of rotatable bonds is 5. The molecule has 1 saturated heterocycles. The zero-order valence-electron chi connectivity index (χ0n) is 12.9. The zero-order chi connectivity index (χ0) is 14.5. The third-order valence-electron chi connectivity index (χ3n) is 4.50. The monoisotopic (exact) mass is 290 g/mol. The Morgan fingerprint density at radius 3 is 3.00 bits per heavy atom. The lowest BCUT2D eigenvalue weighted by molar-refractivity contribution is 0.152. The molecule has 116 valence electrons. The van der Waals surface area contributed by atoms with Crippen LogP contribution in [0, 0.1) is 5.41 Å². The van der Waals surface area contributed by atoms with E-state index in [0.717, 1.165) is 64.6 Å². The first-order chi connectivity index (χ1) is 10.3. The predicted octanol–water partition coefficient (Wildman–Crippen LogP) is 2.29. The smallest absolute Gasteiger partial charge is 0.142 e. The van der Waals surface area contributed by atoms with E-state index < -0.39 is 0 Å². The number of hydrogen-bond acceptors (Lipinski definition) is 4. The number of nitrogens with zero attached hydrogens (tertiary/aromatic N) is 1. The van der Waals surface area contributed by atoms with Crippen LogP contribution in [0.3, 0.4) is 0 Å². The molecule has 1 N–H and O–H groups in total. The van der Waals surface area contributed by atoms with E-state index in [2.05, 4.69) is 41.4 Å². The summed E-state index contributed by atoms with van der Waals surface area (Å²) < 4.78 is 11.6. The number of para-hydroxylation sites is 2. The first-order valence-corrected chi connectivity index (χ1v) is 8.08. The van der Waals surface area contributed by atoms with Crippen molar-refractivity contribution in [1.29, 1.82) is 0 Å². The fourth-order valence-electron chi connectivity index (χ4n) is 3.33. The molecule has 2 aliphatic heterocycles. The quantitative estimate of drug-likeness (QED) is 0.902. The summed E-state index contributed by atoms with van der Waals surface area (Å²) in [5.74, 6) is 1.02. The number of benzene rings is 1. The van der Waals surface area contributed by atoms with E-state index in [-0.39, 0.29) is 5.41 Å². The maximum Gasteiger partial charge on any atom is 0.142 e. The second kappa shape index (κ2) is 6.67. The summed E-state index contributed by atoms with van der Waals surface area (Å²) in [5, 5.41) is 3.52. The Kier molecular flexibility index (Phi) is 4.66. The molecule has 2 heterocycles. The van der Waals surface area contributed by atoms with E-state index in [9.17, 15) is 0 Å². The van der Waals surface area contributed by atoms with E-state index in [1.165, 1.54) is 5.69 Å². The van der Waals surface area contributed by atoms with Gasteiger partial charge in [-0.15, -0.1) is 0 Å². The molecule has 1 fully saturated rings. The highest BCUT2D eigenvalue weighted by molar-refractivity contribution is 5.59. The fraction of sp³-hybridized carbons (Fsp3) is 0.647. The van der Waals surface area contributed by atoms with Gasteiger partial charge < -0.3 is 19.7 Å². The Balaban J connectivity index is 1.79. The largest absolute Gasteiger partial charge is 0.491 e. The lowest BCUT2D eigenvalue weighted by Crippen LogP contribution is -2.45. The predicted molar refractivity (Wildman–Crippen MR) is 85.2 cm³/mol. The molecule has 0 aliphatic carbocycles. The zero-order valence-corrected chi connectivity index (χ0v) is 12.9. The highest BCUT2D eigenvalue weighted by Gasteiger charge is 2.37. The molecule has 21 heavy (non-hydrogen) atoms. The van der Waals surface area contributed by atoms with Gasteiger partial charge >= 0.3 is 0 Å². The Labute approximate surface area is 127 Å². The molecule has 0 saturated carbocycles.